The maximum atomic E-state index is 11.7. The zero-order valence-corrected chi connectivity index (χ0v) is 17.0. The third-order valence-corrected chi connectivity index (χ3v) is 4.29. The molecule has 0 saturated carbocycles. The minimum Gasteiger partial charge on any atom is -0.493 e. The maximum Gasteiger partial charge on any atom is 0.337 e. The first kappa shape index (κ1) is 20.8. The van der Waals surface area contributed by atoms with Crippen LogP contribution in [0.2, 0.25) is 0 Å². The highest BCUT2D eigenvalue weighted by atomic mass is 16.5. The van der Waals surface area contributed by atoms with Crippen molar-refractivity contribution in [3.05, 3.63) is 59.4 Å². The van der Waals surface area contributed by atoms with E-state index in [1.807, 2.05) is 24.3 Å². The fraction of sp³-hybridized carbons (Fsp3) is 0.238. The molecule has 0 saturated heterocycles. The number of aromatic nitrogens is 3. The van der Waals surface area contributed by atoms with E-state index in [9.17, 15) is 4.79 Å². The molecule has 156 valence electrons. The summed E-state index contributed by atoms with van der Waals surface area (Å²) in [6, 6.07) is 12.6. The number of nitrogens with one attached hydrogen (secondary N) is 1. The van der Waals surface area contributed by atoms with Gasteiger partial charge in [-0.3, -0.25) is 0 Å². The number of carbonyl (C=O) groups excluding carboxylic acids is 1. The van der Waals surface area contributed by atoms with E-state index in [0.29, 0.717) is 28.8 Å². The molecule has 0 aliphatic heterocycles. The summed E-state index contributed by atoms with van der Waals surface area (Å²) in [5.74, 6) is 1.10. The molecule has 0 spiro atoms. The molecular formula is C21H23N5O4. The zero-order valence-electron chi connectivity index (χ0n) is 17.0. The van der Waals surface area contributed by atoms with Crippen LogP contribution in [-0.2, 0) is 17.8 Å². The van der Waals surface area contributed by atoms with Crippen LogP contribution in [0.4, 0.5) is 17.6 Å². The number of hydrogen-bond acceptors (Lipinski definition) is 9. The number of ether oxygens (including phenoxy) is 3. The topological polar surface area (TPSA) is 121 Å². The van der Waals surface area contributed by atoms with Crippen LogP contribution in [0.25, 0.3) is 0 Å². The predicted octanol–water partition coefficient (Wildman–Crippen LogP) is 3.13. The normalized spacial score (nSPS) is 10.4. The highest BCUT2D eigenvalue weighted by molar-refractivity contribution is 5.90. The molecule has 1 aromatic heterocycles. The largest absolute Gasteiger partial charge is 0.493 e. The number of benzene rings is 2. The second-order valence-corrected chi connectivity index (χ2v) is 6.22. The maximum absolute atomic E-state index is 11.7. The summed E-state index contributed by atoms with van der Waals surface area (Å²) in [5, 5.41) is 3.18. The summed E-state index contributed by atoms with van der Waals surface area (Å²) < 4.78 is 15.8. The number of nitrogen functional groups attached to an aromatic ring is 1. The minimum absolute atomic E-state index is 0.0325. The molecule has 0 bridgehead atoms. The summed E-state index contributed by atoms with van der Waals surface area (Å²) in [7, 11) is 2.80. The van der Waals surface area contributed by atoms with Gasteiger partial charge in [-0.1, -0.05) is 25.1 Å². The molecule has 0 fully saturated rings. The van der Waals surface area contributed by atoms with Crippen molar-refractivity contribution in [2.45, 2.75) is 20.0 Å². The molecule has 0 unspecified atom stereocenters. The van der Waals surface area contributed by atoms with Gasteiger partial charge in [-0.15, -0.1) is 0 Å². The van der Waals surface area contributed by atoms with Crippen molar-refractivity contribution in [3.63, 3.8) is 0 Å². The molecule has 3 N–H and O–H groups in total. The first-order chi connectivity index (χ1) is 14.5. The van der Waals surface area contributed by atoms with Gasteiger partial charge in [0.05, 0.1) is 19.8 Å². The number of anilines is 3. The van der Waals surface area contributed by atoms with Crippen LogP contribution in [-0.4, -0.2) is 35.1 Å². The number of carbonyl (C=O) groups is 1. The van der Waals surface area contributed by atoms with Crippen LogP contribution in [0, 0.1) is 0 Å². The number of methoxy groups -OCH3 is 2. The second-order valence-electron chi connectivity index (χ2n) is 6.22. The standard InChI is InChI=1S/C21H23N5O4/c1-4-13-7-5-6-8-15(13)23-21-25-18(24-20(22)26-21)12-30-16-10-9-14(19(27)29-3)11-17(16)28-2/h5-11H,4,12H2,1-3H3,(H3,22,23,24,25,26). The van der Waals surface area contributed by atoms with Crippen molar-refractivity contribution in [1.82, 2.24) is 15.0 Å². The Hall–Kier alpha value is -3.88. The van der Waals surface area contributed by atoms with Crippen LogP contribution in [0.3, 0.4) is 0 Å². The molecule has 9 heteroatoms. The van der Waals surface area contributed by atoms with Gasteiger partial charge in [0.25, 0.3) is 0 Å². The van der Waals surface area contributed by atoms with Crippen LogP contribution in [0.15, 0.2) is 42.5 Å². The van der Waals surface area contributed by atoms with Crippen LogP contribution in [0.5, 0.6) is 11.5 Å². The highest BCUT2D eigenvalue weighted by Gasteiger charge is 2.13. The summed E-state index contributed by atoms with van der Waals surface area (Å²) in [4.78, 5) is 24.3. The lowest BCUT2D eigenvalue weighted by Gasteiger charge is -2.13. The van der Waals surface area contributed by atoms with E-state index in [0.717, 1.165) is 17.7 Å². The Labute approximate surface area is 174 Å². The molecule has 0 amide bonds. The third-order valence-electron chi connectivity index (χ3n) is 4.29. The Morgan fingerprint density at radius 1 is 1.07 bits per heavy atom. The summed E-state index contributed by atoms with van der Waals surface area (Å²) >= 11 is 0. The Morgan fingerprint density at radius 3 is 2.60 bits per heavy atom. The monoisotopic (exact) mass is 409 g/mol. The van der Waals surface area contributed by atoms with Gasteiger partial charge in [-0.2, -0.15) is 15.0 Å². The Balaban J connectivity index is 1.77. The van der Waals surface area contributed by atoms with Gasteiger partial charge < -0.3 is 25.3 Å². The van der Waals surface area contributed by atoms with Crippen molar-refractivity contribution >= 4 is 23.6 Å². The Bertz CT molecular complexity index is 1040. The molecular weight excluding hydrogens is 386 g/mol. The molecule has 9 nitrogen and oxygen atoms in total. The SMILES string of the molecule is CCc1ccccc1Nc1nc(N)nc(COc2ccc(C(=O)OC)cc2OC)n1. The van der Waals surface area contributed by atoms with Crippen molar-refractivity contribution in [2.75, 3.05) is 25.3 Å². The van der Waals surface area contributed by atoms with Crippen molar-refractivity contribution in [2.24, 2.45) is 0 Å². The molecule has 0 radical (unpaired) electrons. The van der Waals surface area contributed by atoms with Crippen LogP contribution in [0.1, 0.15) is 28.7 Å². The molecule has 0 aliphatic carbocycles. The van der Waals surface area contributed by atoms with Gasteiger partial charge in [-0.25, -0.2) is 4.79 Å². The molecule has 0 atom stereocenters. The summed E-state index contributed by atoms with van der Waals surface area (Å²) in [5.41, 5.74) is 8.23. The summed E-state index contributed by atoms with van der Waals surface area (Å²) in [6.07, 6.45) is 0.862. The molecule has 0 aliphatic rings. The quantitative estimate of drug-likeness (QED) is 0.540. The fourth-order valence-electron chi connectivity index (χ4n) is 2.80. The van der Waals surface area contributed by atoms with Gasteiger partial charge in [0.15, 0.2) is 17.3 Å². The van der Waals surface area contributed by atoms with Gasteiger partial charge in [0, 0.05) is 5.69 Å². The van der Waals surface area contributed by atoms with E-state index in [1.165, 1.54) is 20.3 Å². The molecule has 3 rings (SSSR count). The summed E-state index contributed by atoms with van der Waals surface area (Å²) in [6.45, 7) is 2.10. The molecule has 3 aromatic rings. The minimum atomic E-state index is -0.465. The van der Waals surface area contributed by atoms with E-state index in [-0.39, 0.29) is 12.6 Å². The van der Waals surface area contributed by atoms with E-state index in [2.05, 4.69) is 27.2 Å². The molecule has 1 heterocycles. The third kappa shape index (κ3) is 4.93. The Morgan fingerprint density at radius 2 is 1.87 bits per heavy atom. The second kappa shape index (κ2) is 9.55. The van der Waals surface area contributed by atoms with E-state index >= 15 is 0 Å². The number of nitrogens with zero attached hydrogens (tertiary/aromatic N) is 3. The first-order valence-electron chi connectivity index (χ1n) is 9.28. The van der Waals surface area contributed by atoms with Crippen molar-refractivity contribution < 1.29 is 19.0 Å². The van der Waals surface area contributed by atoms with E-state index in [1.54, 1.807) is 12.1 Å². The number of aryl methyl sites for hydroxylation is 1. The van der Waals surface area contributed by atoms with Crippen LogP contribution >= 0.6 is 0 Å². The number of para-hydroxylation sites is 1. The Kier molecular flexibility index (Phi) is 6.63. The predicted molar refractivity (Wildman–Crippen MR) is 112 cm³/mol. The highest BCUT2D eigenvalue weighted by Crippen LogP contribution is 2.29. The zero-order chi connectivity index (χ0) is 21.5. The number of nitrogens with two attached hydrogens (primary N) is 1. The first-order valence-corrected chi connectivity index (χ1v) is 9.28. The average Bonchev–Trinajstić information content (AvgIpc) is 2.77. The van der Waals surface area contributed by atoms with Crippen molar-refractivity contribution in [1.29, 1.82) is 0 Å². The van der Waals surface area contributed by atoms with Gasteiger partial charge in [-0.05, 0) is 36.2 Å². The lowest BCUT2D eigenvalue weighted by atomic mass is 10.1. The number of hydrogen-bond donors (Lipinski definition) is 2. The lowest BCUT2D eigenvalue weighted by molar-refractivity contribution is 0.0600. The molecule has 30 heavy (non-hydrogen) atoms. The fourth-order valence-corrected chi connectivity index (χ4v) is 2.80. The van der Waals surface area contributed by atoms with Crippen LogP contribution < -0.4 is 20.5 Å². The van der Waals surface area contributed by atoms with Gasteiger partial charge >= 0.3 is 5.97 Å². The van der Waals surface area contributed by atoms with Gasteiger partial charge in [0.1, 0.15) is 6.61 Å². The molecule has 2 aromatic carbocycles. The smallest absolute Gasteiger partial charge is 0.337 e. The van der Waals surface area contributed by atoms with Crippen molar-refractivity contribution in [3.8, 4) is 11.5 Å². The number of rotatable bonds is 8. The van der Waals surface area contributed by atoms with E-state index < -0.39 is 5.97 Å². The average molecular weight is 409 g/mol. The van der Waals surface area contributed by atoms with Gasteiger partial charge in [0.2, 0.25) is 11.9 Å². The van der Waals surface area contributed by atoms with E-state index in [4.69, 9.17) is 19.9 Å². The lowest BCUT2D eigenvalue weighted by Crippen LogP contribution is -2.10. The number of esters is 1.